The van der Waals surface area contributed by atoms with Gasteiger partial charge < -0.3 is 0 Å². The Morgan fingerprint density at radius 2 is 1.71 bits per heavy atom. The van der Waals surface area contributed by atoms with Crippen LogP contribution < -0.4 is 4.72 Å². The molecule has 0 spiro atoms. The first kappa shape index (κ1) is 16.1. The van der Waals surface area contributed by atoms with E-state index in [4.69, 9.17) is 23.2 Å². The van der Waals surface area contributed by atoms with Gasteiger partial charge >= 0.3 is 0 Å². The maximum Gasteiger partial charge on any atom is 0.236 e. The van der Waals surface area contributed by atoms with E-state index in [1.807, 2.05) is 26.0 Å². The summed E-state index contributed by atoms with van der Waals surface area (Å²) in [5.41, 5.74) is 3.13. The Labute approximate surface area is 135 Å². The number of sulfonamides is 1. The monoisotopic (exact) mass is 343 g/mol. The average Bonchev–Trinajstić information content (AvgIpc) is 2.37. The van der Waals surface area contributed by atoms with E-state index in [-0.39, 0.29) is 5.75 Å². The third-order valence-electron chi connectivity index (χ3n) is 2.99. The lowest BCUT2D eigenvalue weighted by atomic mass is 10.1. The molecule has 0 aliphatic rings. The Bertz CT molecular complexity index is 773. The van der Waals surface area contributed by atoms with Crippen LogP contribution in [0.1, 0.15) is 16.7 Å². The molecule has 0 atom stereocenters. The number of hydrogen-bond acceptors (Lipinski definition) is 2. The molecule has 6 heteroatoms. The van der Waals surface area contributed by atoms with Crippen molar-refractivity contribution < 1.29 is 8.42 Å². The molecule has 0 heterocycles. The zero-order valence-electron chi connectivity index (χ0n) is 11.7. The van der Waals surface area contributed by atoms with E-state index in [1.54, 1.807) is 24.3 Å². The molecule has 0 saturated heterocycles. The van der Waals surface area contributed by atoms with E-state index in [2.05, 4.69) is 4.72 Å². The third-order valence-corrected chi connectivity index (χ3v) is 4.97. The first-order valence-electron chi connectivity index (χ1n) is 6.28. The topological polar surface area (TPSA) is 46.2 Å². The highest BCUT2D eigenvalue weighted by Crippen LogP contribution is 2.24. The van der Waals surface area contributed by atoms with Gasteiger partial charge in [-0.05, 0) is 43.2 Å². The van der Waals surface area contributed by atoms with Crippen molar-refractivity contribution in [2.75, 3.05) is 4.72 Å². The van der Waals surface area contributed by atoms with Crippen LogP contribution in [-0.4, -0.2) is 8.42 Å². The van der Waals surface area contributed by atoms with Gasteiger partial charge in [-0.3, -0.25) is 4.72 Å². The lowest BCUT2D eigenvalue weighted by Crippen LogP contribution is -2.15. The molecule has 0 unspecified atom stereocenters. The summed E-state index contributed by atoms with van der Waals surface area (Å²) >= 11 is 11.7. The summed E-state index contributed by atoms with van der Waals surface area (Å²) in [7, 11) is -3.50. The fraction of sp³-hybridized carbons (Fsp3) is 0.200. The molecule has 0 fully saturated rings. The molecule has 112 valence electrons. The van der Waals surface area contributed by atoms with Crippen LogP contribution in [0.25, 0.3) is 0 Å². The standard InChI is InChI=1S/C15H15Cl2NO2S/c1-10-3-6-15(11(2)7-10)18-21(19,20)9-12-4-5-13(16)14(17)8-12/h3-8,18H,9H2,1-2H3. The van der Waals surface area contributed by atoms with Crippen LogP contribution in [0, 0.1) is 13.8 Å². The number of hydrogen-bond donors (Lipinski definition) is 1. The molecule has 1 N–H and O–H groups in total. The van der Waals surface area contributed by atoms with Crippen molar-refractivity contribution >= 4 is 38.9 Å². The fourth-order valence-electron chi connectivity index (χ4n) is 1.98. The summed E-state index contributed by atoms with van der Waals surface area (Å²) in [5, 5.41) is 0.746. The molecule has 2 rings (SSSR count). The van der Waals surface area contributed by atoms with Gasteiger partial charge in [0, 0.05) is 0 Å². The van der Waals surface area contributed by atoms with Crippen LogP contribution in [0.4, 0.5) is 5.69 Å². The van der Waals surface area contributed by atoms with Crippen molar-refractivity contribution in [2.45, 2.75) is 19.6 Å². The van der Waals surface area contributed by atoms with Gasteiger partial charge in [-0.15, -0.1) is 0 Å². The highest BCUT2D eigenvalue weighted by atomic mass is 35.5. The van der Waals surface area contributed by atoms with Crippen LogP contribution in [0.3, 0.4) is 0 Å². The summed E-state index contributed by atoms with van der Waals surface area (Å²) in [6.45, 7) is 3.82. The molecule has 0 saturated carbocycles. The minimum atomic E-state index is -3.50. The van der Waals surface area contributed by atoms with Gasteiger partial charge in [-0.25, -0.2) is 8.42 Å². The Kier molecular flexibility index (Phi) is 4.81. The molecular weight excluding hydrogens is 329 g/mol. The first-order chi connectivity index (χ1) is 9.77. The number of anilines is 1. The Balaban J connectivity index is 2.20. The van der Waals surface area contributed by atoms with Crippen LogP contribution in [-0.2, 0) is 15.8 Å². The first-order valence-corrected chi connectivity index (χ1v) is 8.69. The van der Waals surface area contributed by atoms with Crippen molar-refractivity contribution in [3.05, 3.63) is 63.1 Å². The number of rotatable bonds is 4. The molecule has 0 aliphatic carbocycles. The molecule has 2 aromatic rings. The predicted octanol–water partition coefficient (Wildman–Crippen LogP) is 4.55. The lowest BCUT2D eigenvalue weighted by molar-refractivity contribution is 0.600. The van der Waals surface area contributed by atoms with Gasteiger partial charge in [0.1, 0.15) is 0 Å². The van der Waals surface area contributed by atoms with E-state index in [9.17, 15) is 8.42 Å². The molecular formula is C15H15Cl2NO2S. The summed E-state index contributed by atoms with van der Waals surface area (Å²) in [6.07, 6.45) is 0. The second-order valence-electron chi connectivity index (χ2n) is 4.93. The second-order valence-corrected chi connectivity index (χ2v) is 7.46. The zero-order chi connectivity index (χ0) is 15.6. The normalized spacial score (nSPS) is 11.4. The average molecular weight is 344 g/mol. The quantitative estimate of drug-likeness (QED) is 0.884. The van der Waals surface area contributed by atoms with Gasteiger partial charge in [-0.2, -0.15) is 0 Å². The molecule has 0 aromatic heterocycles. The fourth-order valence-corrected chi connectivity index (χ4v) is 3.56. The van der Waals surface area contributed by atoms with Gasteiger partial charge in [0.25, 0.3) is 0 Å². The molecule has 2 aromatic carbocycles. The van der Waals surface area contributed by atoms with Crippen LogP contribution in [0.2, 0.25) is 10.0 Å². The second kappa shape index (κ2) is 6.26. The van der Waals surface area contributed by atoms with Crippen molar-refractivity contribution in [1.29, 1.82) is 0 Å². The van der Waals surface area contributed by atoms with E-state index in [0.29, 0.717) is 21.3 Å². The molecule has 0 aliphatic heterocycles. The number of nitrogens with one attached hydrogen (secondary N) is 1. The molecule has 0 amide bonds. The highest BCUT2D eigenvalue weighted by Gasteiger charge is 2.14. The van der Waals surface area contributed by atoms with Crippen molar-refractivity contribution in [3.8, 4) is 0 Å². The Morgan fingerprint density at radius 3 is 2.33 bits per heavy atom. The summed E-state index contributed by atoms with van der Waals surface area (Å²) in [4.78, 5) is 0. The third kappa shape index (κ3) is 4.37. The van der Waals surface area contributed by atoms with Gasteiger partial charge in [0.05, 0.1) is 21.5 Å². The number of benzene rings is 2. The molecule has 0 radical (unpaired) electrons. The van der Waals surface area contributed by atoms with E-state index in [1.165, 1.54) is 0 Å². The summed E-state index contributed by atoms with van der Waals surface area (Å²) in [6, 6.07) is 10.4. The predicted molar refractivity (Wildman–Crippen MR) is 88.6 cm³/mol. The number of aryl methyl sites for hydroxylation is 2. The Hall–Kier alpha value is -1.23. The molecule has 21 heavy (non-hydrogen) atoms. The summed E-state index contributed by atoms with van der Waals surface area (Å²) in [5.74, 6) is -0.156. The van der Waals surface area contributed by atoms with Gasteiger partial charge in [0.2, 0.25) is 10.0 Å². The van der Waals surface area contributed by atoms with Crippen LogP contribution in [0.15, 0.2) is 36.4 Å². The van der Waals surface area contributed by atoms with E-state index in [0.717, 1.165) is 11.1 Å². The SMILES string of the molecule is Cc1ccc(NS(=O)(=O)Cc2ccc(Cl)c(Cl)c2)c(C)c1. The Morgan fingerprint density at radius 1 is 1.00 bits per heavy atom. The zero-order valence-corrected chi connectivity index (χ0v) is 14.0. The largest absolute Gasteiger partial charge is 0.283 e. The van der Waals surface area contributed by atoms with Crippen molar-refractivity contribution in [2.24, 2.45) is 0 Å². The van der Waals surface area contributed by atoms with Gasteiger partial charge in [0.15, 0.2) is 0 Å². The smallest absolute Gasteiger partial charge is 0.236 e. The van der Waals surface area contributed by atoms with Crippen molar-refractivity contribution in [1.82, 2.24) is 0 Å². The van der Waals surface area contributed by atoms with Crippen molar-refractivity contribution in [3.63, 3.8) is 0 Å². The summed E-state index contributed by atoms with van der Waals surface area (Å²) < 4.78 is 27.0. The minimum Gasteiger partial charge on any atom is -0.283 e. The maximum atomic E-state index is 12.2. The highest BCUT2D eigenvalue weighted by molar-refractivity contribution is 7.91. The minimum absolute atomic E-state index is 0.156. The number of halogens is 2. The lowest BCUT2D eigenvalue weighted by Gasteiger charge is -2.11. The van der Waals surface area contributed by atoms with Crippen LogP contribution >= 0.6 is 23.2 Å². The van der Waals surface area contributed by atoms with E-state index >= 15 is 0 Å². The van der Waals surface area contributed by atoms with Crippen LogP contribution in [0.5, 0.6) is 0 Å². The molecule has 3 nitrogen and oxygen atoms in total. The van der Waals surface area contributed by atoms with Gasteiger partial charge in [-0.1, -0.05) is 47.0 Å². The molecule has 0 bridgehead atoms. The maximum absolute atomic E-state index is 12.2. The van der Waals surface area contributed by atoms with E-state index < -0.39 is 10.0 Å².